The smallest absolute Gasteiger partial charge is 0.212 e. The normalized spacial score (nSPS) is 10.5. The summed E-state index contributed by atoms with van der Waals surface area (Å²) in [5.41, 5.74) is 2.30. The lowest BCUT2D eigenvalue weighted by atomic mass is 10.3. The summed E-state index contributed by atoms with van der Waals surface area (Å²) in [7, 11) is 0. The molecular weight excluding hydrogens is 186 g/mol. The maximum atomic E-state index is 4.16. The third-order valence-electron chi connectivity index (χ3n) is 2.05. The molecule has 1 aromatic carbocycles. The highest BCUT2D eigenvalue weighted by atomic mass is 35.5. The SMILES string of the molecule is Cl.c1ccc2c(c1)[nH]c1nccn12. The van der Waals surface area contributed by atoms with Gasteiger partial charge in [0.2, 0.25) is 5.78 Å². The van der Waals surface area contributed by atoms with E-state index in [0.29, 0.717) is 0 Å². The van der Waals surface area contributed by atoms with Crippen molar-refractivity contribution in [3.63, 3.8) is 0 Å². The quantitative estimate of drug-likeness (QED) is 0.584. The van der Waals surface area contributed by atoms with Crippen molar-refractivity contribution >= 4 is 29.2 Å². The molecule has 0 atom stereocenters. The van der Waals surface area contributed by atoms with Crippen molar-refractivity contribution in [2.24, 2.45) is 0 Å². The number of rotatable bonds is 0. The zero-order valence-corrected chi connectivity index (χ0v) is 7.58. The first kappa shape index (κ1) is 8.13. The fourth-order valence-electron chi connectivity index (χ4n) is 1.50. The molecule has 4 heteroatoms. The average molecular weight is 194 g/mol. The van der Waals surface area contributed by atoms with Gasteiger partial charge < -0.3 is 4.98 Å². The Morgan fingerprint density at radius 1 is 1.23 bits per heavy atom. The summed E-state index contributed by atoms with van der Waals surface area (Å²) in [6.07, 6.45) is 3.74. The van der Waals surface area contributed by atoms with E-state index in [1.807, 2.05) is 28.8 Å². The lowest BCUT2D eigenvalue weighted by Gasteiger charge is -1.86. The Morgan fingerprint density at radius 3 is 3.00 bits per heavy atom. The van der Waals surface area contributed by atoms with E-state index in [0.717, 1.165) is 11.3 Å². The predicted octanol–water partition coefficient (Wildman–Crippen LogP) is 2.24. The number of imidazole rings is 2. The van der Waals surface area contributed by atoms with Gasteiger partial charge in [-0.3, -0.25) is 4.40 Å². The van der Waals surface area contributed by atoms with Gasteiger partial charge >= 0.3 is 0 Å². The second kappa shape index (κ2) is 2.78. The van der Waals surface area contributed by atoms with Gasteiger partial charge in [0, 0.05) is 12.4 Å². The maximum Gasteiger partial charge on any atom is 0.212 e. The van der Waals surface area contributed by atoms with Gasteiger partial charge in [-0.1, -0.05) is 12.1 Å². The van der Waals surface area contributed by atoms with Crippen molar-refractivity contribution in [1.29, 1.82) is 0 Å². The van der Waals surface area contributed by atoms with Crippen molar-refractivity contribution in [3.05, 3.63) is 36.7 Å². The largest absolute Gasteiger partial charge is 0.323 e. The minimum Gasteiger partial charge on any atom is -0.323 e. The number of hydrogen-bond donors (Lipinski definition) is 1. The monoisotopic (exact) mass is 193 g/mol. The van der Waals surface area contributed by atoms with Crippen LogP contribution in [0.3, 0.4) is 0 Å². The molecule has 0 amide bonds. The van der Waals surface area contributed by atoms with Gasteiger partial charge in [-0.25, -0.2) is 4.98 Å². The van der Waals surface area contributed by atoms with Crippen LogP contribution in [0, 0.1) is 0 Å². The summed E-state index contributed by atoms with van der Waals surface area (Å²) in [5, 5.41) is 0. The minimum absolute atomic E-state index is 0. The molecule has 0 fully saturated rings. The van der Waals surface area contributed by atoms with Crippen molar-refractivity contribution in [1.82, 2.24) is 14.4 Å². The molecule has 0 aliphatic rings. The van der Waals surface area contributed by atoms with Crippen LogP contribution in [0.2, 0.25) is 0 Å². The molecule has 0 radical (unpaired) electrons. The molecule has 0 bridgehead atoms. The number of fused-ring (bicyclic) bond motifs is 3. The van der Waals surface area contributed by atoms with Gasteiger partial charge in [-0.15, -0.1) is 12.4 Å². The number of aromatic amines is 1. The molecule has 0 saturated carbocycles. The molecule has 66 valence electrons. The number of H-pyrrole nitrogens is 1. The fourth-order valence-corrected chi connectivity index (χ4v) is 1.50. The van der Waals surface area contributed by atoms with Gasteiger partial charge in [0.1, 0.15) is 0 Å². The number of halogens is 1. The van der Waals surface area contributed by atoms with Crippen LogP contribution in [0.1, 0.15) is 0 Å². The van der Waals surface area contributed by atoms with E-state index in [1.165, 1.54) is 5.52 Å². The van der Waals surface area contributed by atoms with Crippen molar-refractivity contribution in [2.75, 3.05) is 0 Å². The predicted molar refractivity (Wildman–Crippen MR) is 54.3 cm³/mol. The first-order valence-electron chi connectivity index (χ1n) is 3.85. The van der Waals surface area contributed by atoms with Gasteiger partial charge in [0.15, 0.2) is 0 Å². The third kappa shape index (κ3) is 1.01. The van der Waals surface area contributed by atoms with Crippen LogP contribution in [0.15, 0.2) is 36.7 Å². The van der Waals surface area contributed by atoms with E-state index in [9.17, 15) is 0 Å². The Morgan fingerprint density at radius 2 is 2.08 bits per heavy atom. The Kier molecular flexibility index (Phi) is 1.74. The van der Waals surface area contributed by atoms with Crippen LogP contribution in [-0.4, -0.2) is 14.4 Å². The molecule has 2 aromatic heterocycles. The van der Waals surface area contributed by atoms with E-state index in [2.05, 4.69) is 16.0 Å². The highest BCUT2D eigenvalue weighted by molar-refractivity contribution is 5.85. The molecular formula is C9H8ClN3. The minimum atomic E-state index is 0. The standard InChI is InChI=1S/C9H7N3.ClH/c1-2-4-8-7(3-1)11-9-10-5-6-12(8)9;/h1-6H,(H,10,11);1H. The van der Waals surface area contributed by atoms with E-state index in [4.69, 9.17) is 0 Å². The van der Waals surface area contributed by atoms with E-state index in [1.54, 1.807) is 6.20 Å². The van der Waals surface area contributed by atoms with E-state index < -0.39 is 0 Å². The van der Waals surface area contributed by atoms with Crippen LogP contribution in [0.25, 0.3) is 16.8 Å². The topological polar surface area (TPSA) is 33.1 Å². The first-order chi connectivity index (χ1) is 5.95. The first-order valence-corrected chi connectivity index (χ1v) is 3.85. The van der Waals surface area contributed by atoms with Gasteiger partial charge in [0.25, 0.3) is 0 Å². The summed E-state index contributed by atoms with van der Waals surface area (Å²) < 4.78 is 2.04. The lowest BCUT2D eigenvalue weighted by Crippen LogP contribution is -1.74. The zero-order chi connectivity index (χ0) is 7.97. The van der Waals surface area contributed by atoms with Crippen LogP contribution in [0.5, 0.6) is 0 Å². The van der Waals surface area contributed by atoms with Gasteiger partial charge in [-0.05, 0) is 12.1 Å². The lowest BCUT2D eigenvalue weighted by molar-refractivity contribution is 1.25. The summed E-state index contributed by atoms with van der Waals surface area (Å²) in [5.74, 6) is 0.899. The molecule has 3 nitrogen and oxygen atoms in total. The Bertz CT molecular complexity index is 537. The molecule has 1 N–H and O–H groups in total. The number of nitrogens with one attached hydrogen (secondary N) is 1. The van der Waals surface area contributed by atoms with E-state index in [-0.39, 0.29) is 12.4 Å². The van der Waals surface area contributed by atoms with Crippen molar-refractivity contribution < 1.29 is 0 Å². The molecule has 0 saturated heterocycles. The van der Waals surface area contributed by atoms with Gasteiger partial charge in [0.05, 0.1) is 11.0 Å². The van der Waals surface area contributed by atoms with Gasteiger partial charge in [-0.2, -0.15) is 0 Å². The van der Waals surface area contributed by atoms with E-state index >= 15 is 0 Å². The average Bonchev–Trinajstić information content (AvgIpc) is 2.62. The second-order valence-corrected chi connectivity index (χ2v) is 2.76. The highest BCUT2D eigenvalue weighted by Crippen LogP contribution is 2.13. The number of aromatic nitrogens is 3. The Hall–Kier alpha value is -1.48. The van der Waals surface area contributed by atoms with Crippen molar-refractivity contribution in [2.45, 2.75) is 0 Å². The summed E-state index contributed by atoms with van der Waals surface area (Å²) in [6.45, 7) is 0. The third-order valence-corrected chi connectivity index (χ3v) is 2.05. The zero-order valence-electron chi connectivity index (χ0n) is 6.77. The van der Waals surface area contributed by atoms with Crippen LogP contribution < -0.4 is 0 Å². The maximum absolute atomic E-state index is 4.16. The highest BCUT2D eigenvalue weighted by Gasteiger charge is 2.00. The fraction of sp³-hybridized carbons (Fsp3) is 0. The summed E-state index contributed by atoms with van der Waals surface area (Å²) in [6, 6.07) is 8.15. The summed E-state index contributed by atoms with van der Waals surface area (Å²) >= 11 is 0. The molecule has 3 rings (SSSR count). The number of hydrogen-bond acceptors (Lipinski definition) is 1. The molecule has 0 spiro atoms. The second-order valence-electron chi connectivity index (χ2n) is 2.76. The molecule has 0 aliphatic heterocycles. The number of benzene rings is 1. The summed E-state index contributed by atoms with van der Waals surface area (Å²) in [4.78, 5) is 7.37. The molecule has 0 aliphatic carbocycles. The molecule has 0 unspecified atom stereocenters. The number of para-hydroxylation sites is 2. The van der Waals surface area contributed by atoms with Crippen molar-refractivity contribution in [3.8, 4) is 0 Å². The Labute approximate surface area is 80.8 Å². The van der Waals surface area contributed by atoms with Crippen LogP contribution >= 0.6 is 12.4 Å². The molecule has 3 aromatic rings. The number of nitrogens with zero attached hydrogens (tertiary/aromatic N) is 2. The molecule has 13 heavy (non-hydrogen) atoms. The Balaban J connectivity index is 0.000000653. The van der Waals surface area contributed by atoms with Crippen LogP contribution in [0.4, 0.5) is 0 Å². The van der Waals surface area contributed by atoms with Crippen LogP contribution in [-0.2, 0) is 0 Å². The molecule has 2 heterocycles.